The first-order valence-electron chi connectivity index (χ1n) is 9.88. The smallest absolute Gasteiger partial charge is 0.202 e. The van der Waals surface area contributed by atoms with Gasteiger partial charge in [0.2, 0.25) is 5.78 Å². The van der Waals surface area contributed by atoms with Gasteiger partial charge in [0, 0.05) is 24.1 Å². The lowest BCUT2D eigenvalue weighted by Gasteiger charge is -2.17. The predicted octanol–water partition coefficient (Wildman–Crippen LogP) is 5.11. The summed E-state index contributed by atoms with van der Waals surface area (Å²) < 4.78 is 13.1. The molecule has 0 radical (unpaired) electrons. The van der Waals surface area contributed by atoms with E-state index in [4.69, 9.17) is 14.7 Å². The van der Waals surface area contributed by atoms with E-state index >= 15 is 0 Å². The second-order valence-electron chi connectivity index (χ2n) is 7.38. The summed E-state index contributed by atoms with van der Waals surface area (Å²) in [7, 11) is 1.68. The Morgan fingerprint density at radius 1 is 1.07 bits per heavy atom. The molecule has 3 aromatic rings. The number of ether oxygens (including phenoxy) is 2. The molecule has 0 saturated carbocycles. The first kappa shape index (κ1) is 21.4. The fourth-order valence-electron chi connectivity index (χ4n) is 3.76. The molecule has 0 bridgehead atoms. The Balaban J connectivity index is 1.66. The van der Waals surface area contributed by atoms with Crippen LogP contribution in [0.2, 0.25) is 0 Å². The third kappa shape index (κ3) is 4.61. The molecule has 1 aromatic heterocycles. The highest BCUT2D eigenvalue weighted by Crippen LogP contribution is 2.24. The van der Waals surface area contributed by atoms with Gasteiger partial charge >= 0.3 is 0 Å². The van der Waals surface area contributed by atoms with Gasteiger partial charge in [0.15, 0.2) is 6.61 Å². The zero-order valence-corrected chi connectivity index (χ0v) is 17.8. The van der Waals surface area contributed by atoms with Crippen molar-refractivity contribution in [2.45, 2.75) is 26.8 Å². The summed E-state index contributed by atoms with van der Waals surface area (Å²) in [5, 5.41) is 8.91. The van der Waals surface area contributed by atoms with Gasteiger partial charge in [0.05, 0.1) is 24.3 Å². The SMILES string of the molecule is COC[C@@H](C)n1c(C)cc(C(=O)COc2ccc(-c3ccc(C#N)cc3)cc2)c1C. The number of aromatic nitrogens is 1. The van der Waals surface area contributed by atoms with Crippen molar-refractivity contribution in [1.29, 1.82) is 5.26 Å². The molecule has 2 aromatic carbocycles. The lowest BCUT2D eigenvalue weighted by Crippen LogP contribution is -2.16. The molecule has 30 heavy (non-hydrogen) atoms. The summed E-state index contributed by atoms with van der Waals surface area (Å²) >= 11 is 0. The molecule has 0 saturated heterocycles. The minimum Gasteiger partial charge on any atom is -0.485 e. The number of benzene rings is 2. The summed E-state index contributed by atoms with van der Waals surface area (Å²) in [4.78, 5) is 12.7. The van der Waals surface area contributed by atoms with E-state index in [0.717, 1.165) is 22.5 Å². The monoisotopic (exact) mass is 402 g/mol. The van der Waals surface area contributed by atoms with Gasteiger partial charge in [-0.1, -0.05) is 24.3 Å². The number of hydrogen-bond donors (Lipinski definition) is 0. The van der Waals surface area contributed by atoms with Crippen LogP contribution in [-0.2, 0) is 4.74 Å². The summed E-state index contributed by atoms with van der Waals surface area (Å²) in [5.41, 5.74) is 5.33. The second kappa shape index (κ2) is 9.43. The number of nitriles is 1. The number of Topliss-reactive ketones (excluding diaryl/α,β-unsaturated/α-hetero) is 1. The van der Waals surface area contributed by atoms with Gasteiger partial charge in [-0.2, -0.15) is 5.26 Å². The number of aryl methyl sites for hydroxylation is 1. The van der Waals surface area contributed by atoms with E-state index in [9.17, 15) is 4.79 Å². The minimum absolute atomic E-state index is 0.0147. The van der Waals surface area contributed by atoms with Crippen LogP contribution in [0.15, 0.2) is 54.6 Å². The van der Waals surface area contributed by atoms with E-state index in [-0.39, 0.29) is 18.4 Å². The molecule has 154 valence electrons. The third-order valence-electron chi connectivity index (χ3n) is 5.20. The van der Waals surface area contributed by atoms with Crippen molar-refractivity contribution in [3.8, 4) is 22.9 Å². The molecule has 0 amide bonds. The topological polar surface area (TPSA) is 64.2 Å². The molecular weight excluding hydrogens is 376 g/mol. The van der Waals surface area contributed by atoms with Crippen molar-refractivity contribution in [2.75, 3.05) is 20.3 Å². The van der Waals surface area contributed by atoms with Crippen molar-refractivity contribution >= 4 is 5.78 Å². The lowest BCUT2D eigenvalue weighted by atomic mass is 10.0. The van der Waals surface area contributed by atoms with Gasteiger partial charge in [0.25, 0.3) is 0 Å². The van der Waals surface area contributed by atoms with E-state index in [1.54, 1.807) is 19.2 Å². The Hall–Kier alpha value is -3.36. The molecule has 0 spiro atoms. The van der Waals surface area contributed by atoms with Crippen LogP contribution in [0.25, 0.3) is 11.1 Å². The van der Waals surface area contributed by atoms with Crippen molar-refractivity contribution in [3.05, 3.63) is 77.1 Å². The fraction of sp³-hybridized carbons (Fsp3) is 0.280. The Kier molecular flexibility index (Phi) is 6.71. The second-order valence-corrected chi connectivity index (χ2v) is 7.38. The highest BCUT2D eigenvalue weighted by molar-refractivity contribution is 5.98. The van der Waals surface area contributed by atoms with Gasteiger partial charge in [-0.25, -0.2) is 0 Å². The third-order valence-corrected chi connectivity index (χ3v) is 5.20. The summed E-state index contributed by atoms with van der Waals surface area (Å²) in [5.74, 6) is 0.595. The quantitative estimate of drug-likeness (QED) is 0.491. The number of carbonyl (C=O) groups is 1. The van der Waals surface area contributed by atoms with Crippen LogP contribution < -0.4 is 4.74 Å². The van der Waals surface area contributed by atoms with Crippen molar-refractivity contribution in [3.63, 3.8) is 0 Å². The minimum atomic E-state index is -0.0462. The predicted molar refractivity (Wildman–Crippen MR) is 117 cm³/mol. The molecular formula is C25H26N2O3. The van der Waals surface area contributed by atoms with Gasteiger partial charge < -0.3 is 14.0 Å². The van der Waals surface area contributed by atoms with Gasteiger partial charge in [-0.15, -0.1) is 0 Å². The van der Waals surface area contributed by atoms with Crippen LogP contribution in [0.1, 0.15) is 40.3 Å². The number of methoxy groups -OCH3 is 1. The van der Waals surface area contributed by atoms with Gasteiger partial charge in [0.1, 0.15) is 5.75 Å². The Morgan fingerprint density at radius 3 is 2.23 bits per heavy atom. The van der Waals surface area contributed by atoms with Crippen molar-refractivity contribution < 1.29 is 14.3 Å². The van der Waals surface area contributed by atoms with E-state index in [2.05, 4.69) is 17.6 Å². The molecule has 1 heterocycles. The van der Waals surface area contributed by atoms with Gasteiger partial charge in [-0.05, 0) is 62.2 Å². The molecule has 0 aliphatic rings. The summed E-state index contributed by atoms with van der Waals surface area (Å²) in [6.45, 7) is 6.60. The maximum atomic E-state index is 12.7. The van der Waals surface area contributed by atoms with Crippen LogP contribution in [0.3, 0.4) is 0 Å². The fourth-order valence-corrected chi connectivity index (χ4v) is 3.76. The highest BCUT2D eigenvalue weighted by Gasteiger charge is 2.19. The van der Waals surface area contributed by atoms with E-state index in [1.807, 2.05) is 56.3 Å². The molecule has 0 fully saturated rings. The summed E-state index contributed by atoms with van der Waals surface area (Å²) in [6.07, 6.45) is 0. The number of hydrogen-bond acceptors (Lipinski definition) is 4. The molecule has 3 rings (SSSR count). The largest absolute Gasteiger partial charge is 0.485 e. The molecule has 0 unspecified atom stereocenters. The van der Waals surface area contributed by atoms with E-state index < -0.39 is 0 Å². The average molecular weight is 402 g/mol. The highest BCUT2D eigenvalue weighted by atomic mass is 16.5. The number of rotatable bonds is 8. The zero-order valence-electron chi connectivity index (χ0n) is 17.8. The maximum absolute atomic E-state index is 12.7. The first-order chi connectivity index (χ1) is 14.4. The Bertz CT molecular complexity index is 1060. The van der Waals surface area contributed by atoms with Crippen LogP contribution in [0.5, 0.6) is 5.75 Å². The lowest BCUT2D eigenvalue weighted by molar-refractivity contribution is 0.0920. The number of ketones is 1. The van der Waals surface area contributed by atoms with E-state index in [1.165, 1.54) is 0 Å². The van der Waals surface area contributed by atoms with Crippen LogP contribution in [-0.4, -0.2) is 30.7 Å². The molecule has 0 N–H and O–H groups in total. The molecule has 5 heteroatoms. The average Bonchev–Trinajstić information content (AvgIpc) is 3.06. The number of nitrogens with zero attached hydrogens (tertiary/aromatic N) is 2. The summed E-state index contributed by atoms with van der Waals surface area (Å²) in [6, 6.07) is 19.2. The number of carbonyl (C=O) groups excluding carboxylic acids is 1. The normalized spacial score (nSPS) is 11.7. The van der Waals surface area contributed by atoms with Crippen LogP contribution in [0.4, 0.5) is 0 Å². The molecule has 0 aliphatic carbocycles. The first-order valence-corrected chi connectivity index (χ1v) is 9.88. The maximum Gasteiger partial charge on any atom is 0.202 e. The molecule has 1 atom stereocenters. The Labute approximate surface area is 177 Å². The molecule has 5 nitrogen and oxygen atoms in total. The zero-order chi connectivity index (χ0) is 21.7. The van der Waals surface area contributed by atoms with E-state index in [0.29, 0.717) is 23.5 Å². The van der Waals surface area contributed by atoms with Crippen LogP contribution in [0, 0.1) is 25.2 Å². The van der Waals surface area contributed by atoms with Crippen molar-refractivity contribution in [2.24, 2.45) is 0 Å². The Morgan fingerprint density at radius 2 is 1.67 bits per heavy atom. The van der Waals surface area contributed by atoms with Gasteiger partial charge in [-0.3, -0.25) is 4.79 Å². The molecule has 0 aliphatic heterocycles. The van der Waals surface area contributed by atoms with Crippen molar-refractivity contribution in [1.82, 2.24) is 4.57 Å². The standard InChI is InChI=1S/C25H26N2O3/c1-17-13-24(19(3)27(17)18(2)15-29-4)25(28)16-30-23-11-9-22(10-12-23)21-7-5-20(14-26)6-8-21/h5-13,18H,15-16H2,1-4H3/t18-/m1/s1. The van der Waals surface area contributed by atoms with Crippen LogP contribution >= 0.6 is 0 Å².